The van der Waals surface area contributed by atoms with Crippen LogP contribution in [0.25, 0.3) is 11.2 Å². The molecule has 0 aromatic carbocycles. The Morgan fingerprint density at radius 1 is 1.35 bits per heavy atom. The molecular formula is C10H14N4O5Si. The minimum absolute atomic E-state index is 0.0833. The number of aromatic nitrogens is 4. The summed E-state index contributed by atoms with van der Waals surface area (Å²) in [5.41, 5.74) is -0.763. The van der Waals surface area contributed by atoms with Crippen molar-refractivity contribution in [2.45, 2.75) is 13.1 Å². The zero-order valence-electron chi connectivity index (χ0n) is 11.2. The van der Waals surface area contributed by atoms with Gasteiger partial charge in [0.05, 0.1) is 6.33 Å². The molecule has 0 spiro atoms. The van der Waals surface area contributed by atoms with Crippen LogP contribution in [0.3, 0.4) is 0 Å². The smallest absolute Gasteiger partial charge is 0.332 e. The van der Waals surface area contributed by atoms with E-state index in [1.165, 1.54) is 29.6 Å². The van der Waals surface area contributed by atoms with E-state index >= 15 is 0 Å². The second-order valence-corrected chi connectivity index (χ2v) is 4.32. The third-order valence-electron chi connectivity index (χ3n) is 2.52. The second kappa shape index (κ2) is 6.30. The van der Waals surface area contributed by atoms with Gasteiger partial charge in [-0.1, -0.05) is 0 Å². The number of carbonyl (C=O) groups is 1. The SMILES string of the molecule is C[Si]O.Cn1c(=O)c2c(ncn2CC(=O)O)n(C)c1=O. The predicted octanol–water partition coefficient (Wildman–Crippen LogP) is -1.84. The number of carboxylic acid groups (broad SMARTS) is 1. The van der Waals surface area contributed by atoms with E-state index in [9.17, 15) is 14.4 Å². The Labute approximate surface area is 115 Å². The Bertz CT molecular complexity index is 744. The molecule has 10 heteroatoms. The molecule has 2 aromatic heterocycles. The number of nitrogens with zero attached hydrogens (tertiary/aromatic N) is 4. The van der Waals surface area contributed by atoms with Crippen molar-refractivity contribution < 1.29 is 14.7 Å². The maximum atomic E-state index is 11.9. The summed E-state index contributed by atoms with van der Waals surface area (Å²) in [5, 5.41) is 8.70. The highest BCUT2D eigenvalue weighted by Crippen LogP contribution is 2.04. The molecular weight excluding hydrogens is 284 g/mol. The van der Waals surface area contributed by atoms with E-state index < -0.39 is 17.2 Å². The fourth-order valence-electron chi connectivity index (χ4n) is 1.66. The van der Waals surface area contributed by atoms with E-state index in [2.05, 4.69) is 4.98 Å². The molecule has 108 valence electrons. The first-order valence-corrected chi connectivity index (χ1v) is 6.93. The van der Waals surface area contributed by atoms with Crippen molar-refractivity contribution in [3.8, 4) is 0 Å². The summed E-state index contributed by atoms with van der Waals surface area (Å²) in [6.07, 6.45) is 1.24. The first-order valence-electron chi connectivity index (χ1n) is 5.48. The molecule has 2 heterocycles. The van der Waals surface area contributed by atoms with Crippen LogP contribution in [0.4, 0.5) is 0 Å². The topological polar surface area (TPSA) is 119 Å². The lowest BCUT2D eigenvalue weighted by atomic mass is 10.5. The maximum Gasteiger partial charge on any atom is 0.332 e. The van der Waals surface area contributed by atoms with E-state index in [0.29, 0.717) is 0 Å². The molecule has 0 aliphatic carbocycles. The van der Waals surface area contributed by atoms with Crippen LogP contribution in [-0.2, 0) is 25.4 Å². The molecule has 9 nitrogen and oxygen atoms in total. The summed E-state index contributed by atoms with van der Waals surface area (Å²) in [6, 6.07) is 0. The van der Waals surface area contributed by atoms with Gasteiger partial charge in [0.1, 0.15) is 6.54 Å². The normalized spacial score (nSPS) is 10.2. The average Bonchev–Trinajstić information content (AvgIpc) is 2.78. The van der Waals surface area contributed by atoms with Crippen molar-refractivity contribution in [3.05, 3.63) is 27.2 Å². The number of hydrogen-bond acceptors (Lipinski definition) is 5. The van der Waals surface area contributed by atoms with Gasteiger partial charge < -0.3 is 14.5 Å². The zero-order valence-corrected chi connectivity index (χ0v) is 12.2. The molecule has 0 amide bonds. The van der Waals surface area contributed by atoms with Crippen LogP contribution in [-0.4, -0.2) is 44.3 Å². The van der Waals surface area contributed by atoms with Gasteiger partial charge in [-0.15, -0.1) is 0 Å². The molecule has 0 saturated carbocycles. The third kappa shape index (κ3) is 2.86. The third-order valence-corrected chi connectivity index (χ3v) is 2.52. The summed E-state index contributed by atoms with van der Waals surface area (Å²) >= 11 is 0. The monoisotopic (exact) mass is 298 g/mol. The minimum atomic E-state index is -1.08. The molecule has 0 unspecified atom stereocenters. The number of aryl methyl sites for hydroxylation is 1. The van der Waals surface area contributed by atoms with Gasteiger partial charge in [-0.3, -0.25) is 18.7 Å². The molecule has 0 aliphatic rings. The van der Waals surface area contributed by atoms with Crippen molar-refractivity contribution in [3.63, 3.8) is 0 Å². The zero-order chi connectivity index (χ0) is 15.4. The molecule has 0 aliphatic heterocycles. The molecule has 2 rings (SSSR count). The fraction of sp³-hybridized carbons (Fsp3) is 0.400. The Hall–Kier alpha value is -2.20. The highest BCUT2D eigenvalue weighted by molar-refractivity contribution is 6.22. The van der Waals surface area contributed by atoms with Crippen molar-refractivity contribution in [2.75, 3.05) is 0 Å². The quantitative estimate of drug-likeness (QED) is 0.629. The molecule has 0 fully saturated rings. The Morgan fingerprint density at radius 2 is 1.90 bits per heavy atom. The highest BCUT2D eigenvalue weighted by Gasteiger charge is 2.15. The van der Waals surface area contributed by atoms with Gasteiger partial charge in [-0.05, 0) is 6.55 Å². The Balaban J connectivity index is 0.000000612. The summed E-state index contributed by atoms with van der Waals surface area (Å²) in [4.78, 5) is 45.6. The summed E-state index contributed by atoms with van der Waals surface area (Å²) < 4.78 is 3.33. The molecule has 2 N–H and O–H groups in total. The van der Waals surface area contributed by atoms with Crippen LogP contribution in [0, 0.1) is 0 Å². The molecule has 0 saturated heterocycles. The van der Waals surface area contributed by atoms with Crippen molar-refractivity contribution in [1.29, 1.82) is 0 Å². The number of rotatable bonds is 2. The van der Waals surface area contributed by atoms with Crippen LogP contribution in [0.2, 0.25) is 6.55 Å². The summed E-state index contributed by atoms with van der Waals surface area (Å²) in [7, 11) is 2.89. The van der Waals surface area contributed by atoms with Gasteiger partial charge in [0.25, 0.3) is 5.56 Å². The summed E-state index contributed by atoms with van der Waals surface area (Å²) in [5.74, 6) is -1.08. The van der Waals surface area contributed by atoms with Gasteiger partial charge in [-0.2, -0.15) is 0 Å². The lowest BCUT2D eigenvalue weighted by Gasteiger charge is -2.04. The van der Waals surface area contributed by atoms with Gasteiger partial charge in [-0.25, -0.2) is 9.78 Å². The highest BCUT2D eigenvalue weighted by atomic mass is 28.2. The minimum Gasteiger partial charge on any atom is -0.480 e. The number of aliphatic carboxylic acids is 1. The molecule has 20 heavy (non-hydrogen) atoms. The largest absolute Gasteiger partial charge is 0.480 e. The molecule has 0 bridgehead atoms. The van der Waals surface area contributed by atoms with Crippen LogP contribution >= 0.6 is 0 Å². The molecule has 0 atom stereocenters. The maximum absolute atomic E-state index is 11.9. The lowest BCUT2D eigenvalue weighted by Crippen LogP contribution is -2.37. The standard InChI is InChI=1S/C9H10N4O4.CH4OSi/c1-11-7-6(8(16)12(2)9(11)17)13(4-10-7)3-5(14)15;1-3-2/h4H,3H2,1-2H3,(H,14,15);2H,1H3. The average molecular weight is 298 g/mol. The number of carboxylic acids is 1. The van der Waals surface area contributed by atoms with Gasteiger partial charge in [0, 0.05) is 14.1 Å². The van der Waals surface area contributed by atoms with Crippen LogP contribution < -0.4 is 11.2 Å². The fourth-order valence-corrected chi connectivity index (χ4v) is 1.66. The number of imidazole rings is 1. The van der Waals surface area contributed by atoms with Gasteiger partial charge >= 0.3 is 11.7 Å². The lowest BCUT2D eigenvalue weighted by molar-refractivity contribution is -0.137. The van der Waals surface area contributed by atoms with Crippen molar-refractivity contribution in [1.82, 2.24) is 18.7 Å². The first-order chi connectivity index (χ1) is 9.34. The van der Waals surface area contributed by atoms with Crippen LogP contribution in [0.5, 0.6) is 0 Å². The number of hydrogen-bond donors (Lipinski definition) is 2. The number of fused-ring (bicyclic) bond motifs is 1. The van der Waals surface area contributed by atoms with E-state index in [0.717, 1.165) is 4.57 Å². The van der Waals surface area contributed by atoms with Crippen molar-refractivity contribution in [2.24, 2.45) is 14.1 Å². The summed E-state index contributed by atoms with van der Waals surface area (Å²) in [6.45, 7) is 1.34. The van der Waals surface area contributed by atoms with Gasteiger partial charge in [0.2, 0.25) is 9.76 Å². The Kier molecular flexibility index (Phi) is 4.99. The first kappa shape index (κ1) is 15.9. The van der Waals surface area contributed by atoms with E-state index in [4.69, 9.17) is 9.90 Å². The van der Waals surface area contributed by atoms with Gasteiger partial charge in [0.15, 0.2) is 11.2 Å². The van der Waals surface area contributed by atoms with E-state index in [1.807, 2.05) is 0 Å². The van der Waals surface area contributed by atoms with Crippen LogP contribution in [0.15, 0.2) is 15.9 Å². The Morgan fingerprint density at radius 3 is 2.40 bits per heavy atom. The van der Waals surface area contributed by atoms with Crippen LogP contribution in [0.1, 0.15) is 0 Å². The van der Waals surface area contributed by atoms with E-state index in [1.54, 1.807) is 6.55 Å². The predicted molar refractivity (Wildman–Crippen MR) is 71.7 cm³/mol. The molecule has 2 radical (unpaired) electrons. The van der Waals surface area contributed by atoms with Crippen molar-refractivity contribution >= 4 is 26.9 Å². The molecule has 2 aromatic rings. The van der Waals surface area contributed by atoms with E-state index in [-0.39, 0.29) is 27.5 Å². The second-order valence-electron chi connectivity index (χ2n) is 3.87.